The maximum atomic E-state index is 14.2. The van der Waals surface area contributed by atoms with Gasteiger partial charge in [-0.1, -0.05) is 11.6 Å². The molecule has 1 amide bonds. The number of ether oxygens (including phenoxy) is 1. The van der Waals surface area contributed by atoms with E-state index in [1.54, 1.807) is 6.92 Å². The first-order chi connectivity index (χ1) is 15.8. The van der Waals surface area contributed by atoms with Gasteiger partial charge in [-0.25, -0.2) is 9.37 Å². The van der Waals surface area contributed by atoms with Gasteiger partial charge in [0.15, 0.2) is 5.75 Å². The van der Waals surface area contributed by atoms with Crippen LogP contribution in [0.15, 0.2) is 42.5 Å². The number of thiophene rings is 1. The van der Waals surface area contributed by atoms with E-state index in [1.807, 2.05) is 0 Å². The highest BCUT2D eigenvalue weighted by Crippen LogP contribution is 2.46. The number of pyridine rings is 1. The summed E-state index contributed by atoms with van der Waals surface area (Å²) < 4.78 is 62.0. The van der Waals surface area contributed by atoms with Crippen molar-refractivity contribution in [1.82, 2.24) is 10.3 Å². The summed E-state index contributed by atoms with van der Waals surface area (Å²) in [4.78, 5) is 16.5. The standard InChI is InChI=1S/C22H18ClF4N3O3S/c1-20(28)10-33-18-13(20)8-15(30-17(18)11-2-4-12(24)5-3-11)21(32,22(25,26)27)9-29-19(31)14-6-7-16(23)34-14/h2-8,32H,9-10,28H2,1H3,(H,29,31). The smallest absolute Gasteiger partial charge is 0.424 e. The molecule has 4 N–H and O–H groups in total. The van der Waals surface area contributed by atoms with Crippen LogP contribution >= 0.6 is 22.9 Å². The van der Waals surface area contributed by atoms with Crippen molar-refractivity contribution < 1.29 is 32.2 Å². The van der Waals surface area contributed by atoms with Gasteiger partial charge in [-0.3, -0.25) is 4.79 Å². The minimum Gasteiger partial charge on any atom is -0.489 e. The summed E-state index contributed by atoms with van der Waals surface area (Å²) in [5.41, 5.74) is 1.11. The van der Waals surface area contributed by atoms with Crippen molar-refractivity contribution in [2.24, 2.45) is 5.73 Å². The average molecular weight is 516 g/mol. The molecule has 0 bridgehead atoms. The van der Waals surface area contributed by atoms with Gasteiger partial charge in [-0.15, -0.1) is 11.3 Å². The summed E-state index contributed by atoms with van der Waals surface area (Å²) >= 11 is 6.66. The minimum absolute atomic E-state index is 0.0397. The Hall–Kier alpha value is -2.73. The molecule has 34 heavy (non-hydrogen) atoms. The molecule has 0 spiro atoms. The quantitative estimate of drug-likeness (QED) is 0.439. The van der Waals surface area contributed by atoms with Crippen molar-refractivity contribution >= 4 is 28.8 Å². The molecule has 12 heteroatoms. The predicted molar refractivity (Wildman–Crippen MR) is 118 cm³/mol. The lowest BCUT2D eigenvalue weighted by Gasteiger charge is -2.31. The molecule has 1 aliphatic rings. The Morgan fingerprint density at radius 1 is 1.29 bits per heavy atom. The lowest BCUT2D eigenvalue weighted by Crippen LogP contribution is -2.51. The fraction of sp³-hybridized carbons (Fsp3) is 0.273. The molecular weight excluding hydrogens is 498 g/mol. The van der Waals surface area contributed by atoms with E-state index in [2.05, 4.69) is 10.3 Å². The summed E-state index contributed by atoms with van der Waals surface area (Å²) in [5.74, 6) is -1.25. The molecule has 2 aromatic heterocycles. The van der Waals surface area contributed by atoms with E-state index in [-0.39, 0.29) is 38.4 Å². The fourth-order valence-electron chi connectivity index (χ4n) is 3.49. The topological polar surface area (TPSA) is 97.5 Å². The van der Waals surface area contributed by atoms with Gasteiger partial charge in [0.05, 0.1) is 27.0 Å². The molecule has 3 heterocycles. The van der Waals surface area contributed by atoms with Gasteiger partial charge in [0.1, 0.15) is 18.1 Å². The summed E-state index contributed by atoms with van der Waals surface area (Å²) in [7, 11) is 0. The molecular formula is C22H18ClF4N3O3S. The maximum Gasteiger partial charge on any atom is 0.424 e. The van der Waals surface area contributed by atoms with E-state index < -0.39 is 41.3 Å². The number of hydrogen-bond acceptors (Lipinski definition) is 6. The molecule has 0 fully saturated rings. The first-order valence-electron chi connectivity index (χ1n) is 9.88. The number of benzene rings is 1. The van der Waals surface area contributed by atoms with Crippen LogP contribution in [0.2, 0.25) is 4.34 Å². The third kappa shape index (κ3) is 4.36. The summed E-state index contributed by atoms with van der Waals surface area (Å²) in [6.07, 6.45) is -5.22. The molecule has 0 saturated heterocycles. The third-order valence-corrected chi connectivity index (χ3v) is 6.65. The van der Waals surface area contributed by atoms with E-state index in [9.17, 15) is 27.5 Å². The Balaban J connectivity index is 1.81. The van der Waals surface area contributed by atoms with Crippen LogP contribution in [0.5, 0.6) is 5.75 Å². The van der Waals surface area contributed by atoms with Gasteiger partial charge in [-0.2, -0.15) is 13.2 Å². The molecule has 4 rings (SSSR count). The number of aromatic nitrogens is 1. The first-order valence-corrected chi connectivity index (χ1v) is 11.1. The van der Waals surface area contributed by atoms with Gasteiger partial charge < -0.3 is 20.9 Å². The third-order valence-electron chi connectivity index (χ3n) is 5.42. The minimum atomic E-state index is -5.22. The summed E-state index contributed by atoms with van der Waals surface area (Å²) in [6.45, 7) is 0.301. The second-order valence-corrected chi connectivity index (χ2v) is 9.81. The van der Waals surface area contributed by atoms with E-state index in [0.717, 1.165) is 29.5 Å². The number of nitrogens with one attached hydrogen (secondary N) is 1. The van der Waals surface area contributed by atoms with E-state index >= 15 is 0 Å². The van der Waals surface area contributed by atoms with Gasteiger partial charge in [0, 0.05) is 11.1 Å². The molecule has 0 saturated carbocycles. The average Bonchev–Trinajstić information content (AvgIpc) is 3.34. The van der Waals surface area contributed by atoms with Crippen molar-refractivity contribution in [2.75, 3.05) is 13.2 Å². The van der Waals surface area contributed by atoms with Crippen LogP contribution in [-0.2, 0) is 11.1 Å². The second kappa shape index (κ2) is 8.49. The predicted octanol–water partition coefficient (Wildman–Crippen LogP) is 4.35. The Labute approximate surface area is 200 Å². The normalized spacial score (nSPS) is 19.3. The molecule has 0 radical (unpaired) electrons. The first kappa shape index (κ1) is 24.4. The number of nitrogens with zero attached hydrogens (tertiary/aromatic N) is 1. The number of halogens is 5. The number of amides is 1. The number of carbonyl (C=O) groups excluding carboxylic acids is 1. The molecule has 3 aromatic rings. The van der Waals surface area contributed by atoms with Crippen LogP contribution in [0.4, 0.5) is 17.6 Å². The highest BCUT2D eigenvalue weighted by molar-refractivity contribution is 7.18. The number of rotatable bonds is 5. The van der Waals surface area contributed by atoms with Crippen LogP contribution < -0.4 is 15.8 Å². The largest absolute Gasteiger partial charge is 0.489 e. The van der Waals surface area contributed by atoms with Gasteiger partial charge in [-0.05, 0) is 49.4 Å². The number of nitrogens with two attached hydrogens (primary N) is 1. The lowest BCUT2D eigenvalue weighted by atomic mass is 9.89. The fourth-order valence-corrected chi connectivity index (χ4v) is 4.45. The van der Waals surface area contributed by atoms with Crippen molar-refractivity contribution in [3.05, 3.63) is 68.8 Å². The summed E-state index contributed by atoms with van der Waals surface area (Å²) in [6, 6.07) is 8.70. The van der Waals surface area contributed by atoms with Crippen LogP contribution in [0.25, 0.3) is 11.3 Å². The lowest BCUT2D eigenvalue weighted by molar-refractivity contribution is -0.265. The molecule has 0 aliphatic carbocycles. The molecule has 2 atom stereocenters. The zero-order valence-electron chi connectivity index (χ0n) is 17.5. The van der Waals surface area contributed by atoms with Crippen molar-refractivity contribution in [3.63, 3.8) is 0 Å². The number of fused-ring (bicyclic) bond motifs is 1. The van der Waals surface area contributed by atoms with Gasteiger partial charge >= 0.3 is 6.18 Å². The Kier molecular flexibility index (Phi) is 6.09. The molecule has 2 unspecified atom stereocenters. The Morgan fingerprint density at radius 3 is 2.56 bits per heavy atom. The Bertz CT molecular complexity index is 1250. The van der Waals surface area contributed by atoms with Crippen LogP contribution in [0.3, 0.4) is 0 Å². The second-order valence-electron chi connectivity index (χ2n) is 8.09. The van der Waals surface area contributed by atoms with Crippen LogP contribution in [0, 0.1) is 5.82 Å². The molecule has 1 aliphatic heterocycles. The zero-order chi connectivity index (χ0) is 24.9. The van der Waals surface area contributed by atoms with E-state index in [1.165, 1.54) is 24.3 Å². The Morgan fingerprint density at radius 2 is 1.97 bits per heavy atom. The van der Waals surface area contributed by atoms with Crippen molar-refractivity contribution in [3.8, 4) is 17.0 Å². The number of carbonyl (C=O) groups is 1. The monoisotopic (exact) mass is 515 g/mol. The highest BCUT2D eigenvalue weighted by Gasteiger charge is 2.57. The maximum absolute atomic E-state index is 14.2. The van der Waals surface area contributed by atoms with Gasteiger partial charge in [0.25, 0.3) is 5.91 Å². The number of alkyl halides is 3. The van der Waals surface area contributed by atoms with Gasteiger partial charge in [0.2, 0.25) is 5.60 Å². The van der Waals surface area contributed by atoms with Crippen LogP contribution in [0.1, 0.15) is 27.9 Å². The van der Waals surface area contributed by atoms with E-state index in [0.29, 0.717) is 0 Å². The SMILES string of the molecule is CC1(N)COc2c1cc(C(O)(CNC(=O)c1ccc(Cl)s1)C(F)(F)F)nc2-c1ccc(F)cc1. The number of hydrogen-bond donors (Lipinski definition) is 3. The molecule has 1 aromatic carbocycles. The van der Waals surface area contributed by atoms with Crippen molar-refractivity contribution in [2.45, 2.75) is 24.2 Å². The molecule has 180 valence electrons. The van der Waals surface area contributed by atoms with E-state index in [4.69, 9.17) is 22.1 Å². The van der Waals surface area contributed by atoms with Crippen molar-refractivity contribution in [1.29, 1.82) is 0 Å². The highest BCUT2D eigenvalue weighted by atomic mass is 35.5. The zero-order valence-corrected chi connectivity index (χ0v) is 19.1. The van der Waals surface area contributed by atoms with Crippen LogP contribution in [-0.4, -0.2) is 35.3 Å². The molecule has 6 nitrogen and oxygen atoms in total. The number of aliphatic hydroxyl groups is 1. The summed E-state index contributed by atoms with van der Waals surface area (Å²) in [5, 5.41) is 13.0.